The molecule has 0 unspecified atom stereocenters. The molecule has 144 valence electrons. The summed E-state index contributed by atoms with van der Waals surface area (Å²) in [5, 5.41) is 2.89. The summed E-state index contributed by atoms with van der Waals surface area (Å²) in [5.74, 6) is 2.07. The maximum absolute atomic E-state index is 12.6. The number of urea groups is 1. The molecule has 0 fully saturated rings. The topological polar surface area (TPSA) is 72.9 Å². The molecule has 1 aromatic heterocycles. The van der Waals surface area contributed by atoms with Crippen LogP contribution in [0.5, 0.6) is 17.2 Å². The number of amides is 2. The van der Waals surface area contributed by atoms with E-state index in [-0.39, 0.29) is 6.03 Å². The second-order valence-corrected chi connectivity index (χ2v) is 7.16. The Morgan fingerprint density at radius 3 is 2.63 bits per heavy atom. The molecule has 0 radical (unpaired) electrons. The number of ether oxygens (including phenoxy) is 3. The first-order valence-electron chi connectivity index (χ1n) is 8.51. The molecule has 0 spiro atoms. The van der Waals surface area contributed by atoms with Crippen LogP contribution in [0.4, 0.5) is 10.5 Å². The Balaban J connectivity index is 1.73. The summed E-state index contributed by atoms with van der Waals surface area (Å²) in [6.45, 7) is 5.24. The summed E-state index contributed by atoms with van der Waals surface area (Å²) in [6, 6.07) is 3.29. The van der Waals surface area contributed by atoms with Gasteiger partial charge in [0.2, 0.25) is 0 Å². The molecule has 2 aromatic rings. The highest BCUT2D eigenvalue weighted by atomic mass is 79.9. The van der Waals surface area contributed by atoms with Crippen molar-refractivity contribution in [1.82, 2.24) is 9.88 Å². The largest absolute Gasteiger partial charge is 0.496 e. The van der Waals surface area contributed by atoms with Crippen molar-refractivity contribution in [2.45, 2.75) is 20.4 Å². The summed E-state index contributed by atoms with van der Waals surface area (Å²) in [4.78, 5) is 18.6. The molecule has 0 saturated carbocycles. The maximum Gasteiger partial charge on any atom is 0.321 e. The molecule has 0 aliphatic carbocycles. The van der Waals surface area contributed by atoms with Gasteiger partial charge in [-0.2, -0.15) is 0 Å². The van der Waals surface area contributed by atoms with E-state index in [1.165, 1.54) is 0 Å². The number of carbonyl (C=O) groups excluding carboxylic acids is 1. The lowest BCUT2D eigenvalue weighted by molar-refractivity contribution is 0.171. The molecule has 8 heteroatoms. The first kappa shape index (κ1) is 19.3. The highest BCUT2D eigenvalue weighted by Crippen LogP contribution is 2.38. The molecule has 0 atom stereocenters. The molecule has 1 N–H and O–H groups in total. The molecular weight excluding hydrogens is 414 g/mol. The van der Waals surface area contributed by atoms with E-state index < -0.39 is 0 Å². The van der Waals surface area contributed by atoms with E-state index in [0.29, 0.717) is 36.9 Å². The number of aryl methyl sites for hydroxylation is 1. The van der Waals surface area contributed by atoms with Gasteiger partial charge in [0.1, 0.15) is 19.0 Å². The fourth-order valence-corrected chi connectivity index (χ4v) is 3.32. The summed E-state index contributed by atoms with van der Waals surface area (Å²) < 4.78 is 17.3. The van der Waals surface area contributed by atoms with Crippen molar-refractivity contribution in [3.8, 4) is 17.2 Å². The zero-order chi connectivity index (χ0) is 19.6. The first-order chi connectivity index (χ1) is 12.9. The van der Waals surface area contributed by atoms with Crippen LogP contribution in [0, 0.1) is 13.8 Å². The summed E-state index contributed by atoms with van der Waals surface area (Å²) in [5.41, 5.74) is 3.29. The monoisotopic (exact) mass is 435 g/mol. The van der Waals surface area contributed by atoms with E-state index >= 15 is 0 Å². The highest BCUT2D eigenvalue weighted by Gasteiger charge is 2.19. The zero-order valence-electron chi connectivity index (χ0n) is 15.8. The number of hydrogen-bond donors (Lipinski definition) is 1. The van der Waals surface area contributed by atoms with Gasteiger partial charge in [0.15, 0.2) is 11.5 Å². The van der Waals surface area contributed by atoms with Gasteiger partial charge >= 0.3 is 6.03 Å². The number of anilines is 1. The van der Waals surface area contributed by atoms with Crippen LogP contribution in [0.25, 0.3) is 0 Å². The van der Waals surface area contributed by atoms with Crippen molar-refractivity contribution in [1.29, 1.82) is 0 Å². The van der Waals surface area contributed by atoms with E-state index in [9.17, 15) is 4.79 Å². The van der Waals surface area contributed by atoms with Gasteiger partial charge in [0.05, 0.1) is 25.0 Å². The van der Waals surface area contributed by atoms with Gasteiger partial charge in [-0.15, -0.1) is 0 Å². The van der Waals surface area contributed by atoms with Gasteiger partial charge in [-0.1, -0.05) is 0 Å². The van der Waals surface area contributed by atoms with Crippen molar-refractivity contribution < 1.29 is 19.0 Å². The van der Waals surface area contributed by atoms with Crippen LogP contribution in [0.1, 0.15) is 16.8 Å². The lowest BCUT2D eigenvalue weighted by atomic mass is 10.1. The molecule has 3 rings (SSSR count). The maximum atomic E-state index is 12.6. The molecule has 7 nitrogen and oxygen atoms in total. The van der Waals surface area contributed by atoms with E-state index in [4.69, 9.17) is 14.2 Å². The first-order valence-corrected chi connectivity index (χ1v) is 9.30. The Kier molecular flexibility index (Phi) is 5.74. The Morgan fingerprint density at radius 2 is 1.96 bits per heavy atom. The van der Waals surface area contributed by atoms with E-state index in [2.05, 4.69) is 26.2 Å². The minimum Gasteiger partial charge on any atom is -0.496 e. The Hall–Kier alpha value is -2.48. The number of benzene rings is 1. The average Bonchev–Trinajstić information content (AvgIpc) is 2.65. The van der Waals surface area contributed by atoms with Crippen molar-refractivity contribution in [3.63, 3.8) is 0 Å². The number of pyridine rings is 1. The molecular formula is C19H22BrN3O4. The lowest BCUT2D eigenvalue weighted by Crippen LogP contribution is -2.31. The average molecular weight is 436 g/mol. The normalized spacial score (nSPS) is 12.5. The van der Waals surface area contributed by atoms with E-state index in [0.717, 1.165) is 27.0 Å². The van der Waals surface area contributed by atoms with Gasteiger partial charge in [0, 0.05) is 41.0 Å². The second kappa shape index (κ2) is 8.04. The zero-order valence-corrected chi connectivity index (χ0v) is 17.3. The van der Waals surface area contributed by atoms with Gasteiger partial charge in [-0.3, -0.25) is 4.98 Å². The number of hydrogen-bond acceptors (Lipinski definition) is 5. The summed E-state index contributed by atoms with van der Waals surface area (Å²) in [6.07, 6.45) is 1.75. The minimum absolute atomic E-state index is 0.256. The van der Waals surface area contributed by atoms with Crippen LogP contribution in [0.3, 0.4) is 0 Å². The second-order valence-electron chi connectivity index (χ2n) is 6.31. The van der Waals surface area contributed by atoms with E-state index in [1.54, 1.807) is 37.4 Å². The van der Waals surface area contributed by atoms with Crippen LogP contribution in [0.2, 0.25) is 0 Å². The summed E-state index contributed by atoms with van der Waals surface area (Å²) >= 11 is 3.46. The molecule has 1 aliphatic heterocycles. The predicted octanol–water partition coefficient (Wildman–Crippen LogP) is 3.90. The molecule has 1 aliphatic rings. The number of aromatic nitrogens is 1. The SMILES string of the molecule is COc1c(C)cnc(CN(C)C(=O)Nc2cc3c(cc2Br)OCCO3)c1C. The molecule has 1 aromatic carbocycles. The fourth-order valence-electron chi connectivity index (χ4n) is 2.90. The number of halogens is 1. The third kappa shape index (κ3) is 4.10. The fraction of sp³-hybridized carbons (Fsp3) is 0.368. The van der Waals surface area contributed by atoms with Gasteiger partial charge < -0.3 is 24.4 Å². The van der Waals surface area contributed by atoms with Crippen molar-refractivity contribution in [2.75, 3.05) is 32.7 Å². The number of rotatable bonds is 4. The number of nitrogens with one attached hydrogen (secondary N) is 1. The Morgan fingerprint density at radius 1 is 1.30 bits per heavy atom. The lowest BCUT2D eigenvalue weighted by Gasteiger charge is -2.22. The highest BCUT2D eigenvalue weighted by molar-refractivity contribution is 9.10. The van der Waals surface area contributed by atoms with Gasteiger partial charge in [-0.05, 0) is 29.8 Å². The molecule has 0 saturated heterocycles. The Bertz CT molecular complexity index is 873. The number of carbonyl (C=O) groups is 1. The molecule has 2 amide bonds. The van der Waals surface area contributed by atoms with Crippen molar-refractivity contribution >= 4 is 27.6 Å². The van der Waals surface area contributed by atoms with Crippen LogP contribution in [0.15, 0.2) is 22.8 Å². The third-order valence-electron chi connectivity index (χ3n) is 4.36. The van der Waals surface area contributed by atoms with Crippen LogP contribution in [-0.2, 0) is 6.54 Å². The quantitative estimate of drug-likeness (QED) is 0.787. The molecule has 27 heavy (non-hydrogen) atoms. The molecule has 0 bridgehead atoms. The molecule has 2 heterocycles. The number of nitrogens with zero attached hydrogens (tertiary/aromatic N) is 2. The van der Waals surface area contributed by atoms with Crippen molar-refractivity contribution in [2.24, 2.45) is 0 Å². The number of fused-ring (bicyclic) bond motifs is 1. The van der Waals surface area contributed by atoms with Crippen LogP contribution in [-0.4, -0.2) is 43.3 Å². The third-order valence-corrected chi connectivity index (χ3v) is 5.01. The van der Waals surface area contributed by atoms with Gasteiger partial charge in [0.25, 0.3) is 0 Å². The minimum atomic E-state index is -0.256. The van der Waals surface area contributed by atoms with Crippen LogP contribution < -0.4 is 19.5 Å². The Labute approximate surface area is 166 Å². The smallest absolute Gasteiger partial charge is 0.321 e. The van der Waals surface area contributed by atoms with E-state index in [1.807, 2.05) is 13.8 Å². The predicted molar refractivity (Wildman–Crippen MR) is 106 cm³/mol. The van der Waals surface area contributed by atoms with Gasteiger partial charge in [-0.25, -0.2) is 4.79 Å². The number of methoxy groups -OCH3 is 1. The summed E-state index contributed by atoms with van der Waals surface area (Å²) in [7, 11) is 3.35. The van der Waals surface area contributed by atoms with Crippen molar-refractivity contribution in [3.05, 3.63) is 39.6 Å². The van der Waals surface area contributed by atoms with Crippen LogP contribution >= 0.6 is 15.9 Å². The standard InChI is InChI=1S/C19H22BrN3O4/c1-11-9-21-15(12(2)18(11)25-4)10-23(3)19(24)22-14-8-17-16(7-13(14)20)26-5-6-27-17/h7-9H,5-6,10H2,1-4H3,(H,22,24).